The molecular weight excluding hydrogens is 260 g/mol. The number of amides is 1. The average Bonchev–Trinajstić information content (AvgIpc) is 2.47. The zero-order chi connectivity index (χ0) is 15.8. The quantitative estimate of drug-likeness (QED) is 0.799. The summed E-state index contributed by atoms with van der Waals surface area (Å²) in [5.74, 6) is 0.541. The van der Waals surface area contributed by atoms with Crippen LogP contribution in [0.15, 0.2) is 30.3 Å². The molecular formula is C18H30N2O. The highest BCUT2D eigenvalue weighted by molar-refractivity contribution is 5.82. The van der Waals surface area contributed by atoms with Crippen molar-refractivity contribution in [3.63, 3.8) is 0 Å². The van der Waals surface area contributed by atoms with Crippen LogP contribution < -0.4 is 5.73 Å². The molecule has 0 saturated heterocycles. The summed E-state index contributed by atoms with van der Waals surface area (Å²) < 4.78 is 0. The van der Waals surface area contributed by atoms with Crippen LogP contribution in [0.4, 0.5) is 0 Å². The highest BCUT2D eigenvalue weighted by atomic mass is 16.2. The predicted molar refractivity (Wildman–Crippen MR) is 89.0 cm³/mol. The maximum atomic E-state index is 12.7. The van der Waals surface area contributed by atoms with Crippen molar-refractivity contribution < 1.29 is 4.79 Å². The Labute approximate surface area is 129 Å². The van der Waals surface area contributed by atoms with Crippen molar-refractivity contribution in [1.29, 1.82) is 0 Å². The van der Waals surface area contributed by atoms with E-state index in [-0.39, 0.29) is 5.91 Å². The van der Waals surface area contributed by atoms with Crippen LogP contribution in [0, 0.1) is 5.92 Å². The van der Waals surface area contributed by atoms with Gasteiger partial charge in [-0.1, -0.05) is 58.0 Å². The number of rotatable bonds is 8. The molecule has 2 N–H and O–H groups in total. The van der Waals surface area contributed by atoms with Gasteiger partial charge in [-0.15, -0.1) is 0 Å². The molecule has 0 spiro atoms. The Morgan fingerprint density at radius 3 is 2.19 bits per heavy atom. The molecule has 0 aliphatic rings. The van der Waals surface area contributed by atoms with E-state index in [2.05, 4.69) is 27.7 Å². The highest BCUT2D eigenvalue weighted by Crippen LogP contribution is 2.14. The number of nitrogens with two attached hydrogens (primary N) is 1. The zero-order valence-corrected chi connectivity index (χ0v) is 13.9. The van der Waals surface area contributed by atoms with E-state index in [1.165, 1.54) is 0 Å². The van der Waals surface area contributed by atoms with Crippen molar-refractivity contribution in [2.75, 3.05) is 6.54 Å². The predicted octanol–water partition coefficient (Wildman–Crippen LogP) is 3.23. The van der Waals surface area contributed by atoms with Crippen molar-refractivity contribution in [1.82, 2.24) is 4.90 Å². The van der Waals surface area contributed by atoms with E-state index in [0.717, 1.165) is 24.9 Å². The minimum atomic E-state index is -0.452. The molecule has 0 aliphatic heterocycles. The molecule has 1 rings (SSSR count). The molecule has 0 heterocycles. The van der Waals surface area contributed by atoms with Crippen LogP contribution in [0.25, 0.3) is 0 Å². The first kappa shape index (κ1) is 17.7. The molecule has 3 heteroatoms. The summed E-state index contributed by atoms with van der Waals surface area (Å²) in [6.45, 7) is 9.35. The number of benzene rings is 1. The summed E-state index contributed by atoms with van der Waals surface area (Å²) in [7, 11) is 0. The number of hydrogen-bond donors (Lipinski definition) is 1. The van der Waals surface area contributed by atoms with Crippen molar-refractivity contribution >= 4 is 5.91 Å². The maximum Gasteiger partial charge on any atom is 0.240 e. The summed E-state index contributed by atoms with van der Waals surface area (Å²) >= 11 is 0. The fraction of sp³-hybridized carbons (Fsp3) is 0.611. The fourth-order valence-electron chi connectivity index (χ4n) is 2.71. The number of carbonyl (C=O) groups excluding carboxylic acids is 1. The zero-order valence-electron chi connectivity index (χ0n) is 13.9. The van der Waals surface area contributed by atoms with Gasteiger partial charge in [0.1, 0.15) is 0 Å². The van der Waals surface area contributed by atoms with Gasteiger partial charge >= 0.3 is 0 Å². The molecule has 1 aromatic rings. The van der Waals surface area contributed by atoms with Gasteiger partial charge in [0.25, 0.3) is 0 Å². The summed E-state index contributed by atoms with van der Waals surface area (Å²) in [5.41, 5.74) is 7.30. The minimum Gasteiger partial charge on any atom is -0.338 e. The van der Waals surface area contributed by atoms with Crippen LogP contribution in [0.3, 0.4) is 0 Å². The van der Waals surface area contributed by atoms with Gasteiger partial charge in [0.15, 0.2) is 0 Å². The summed E-state index contributed by atoms with van der Waals surface area (Å²) in [6, 6.07) is 9.84. The second kappa shape index (κ2) is 8.83. The minimum absolute atomic E-state index is 0.0845. The normalized spacial score (nSPS) is 12.7. The van der Waals surface area contributed by atoms with Crippen LogP contribution in [-0.4, -0.2) is 29.4 Å². The fourth-order valence-corrected chi connectivity index (χ4v) is 2.71. The first-order chi connectivity index (χ1) is 9.99. The summed E-state index contributed by atoms with van der Waals surface area (Å²) in [6.07, 6.45) is 2.56. The molecule has 0 aliphatic carbocycles. The molecule has 0 radical (unpaired) electrons. The van der Waals surface area contributed by atoms with E-state index in [0.29, 0.717) is 18.4 Å². The Balaban J connectivity index is 2.78. The third-order valence-corrected chi connectivity index (χ3v) is 3.84. The van der Waals surface area contributed by atoms with E-state index in [9.17, 15) is 4.79 Å². The van der Waals surface area contributed by atoms with Gasteiger partial charge in [-0.2, -0.15) is 0 Å². The largest absolute Gasteiger partial charge is 0.338 e. The first-order valence-electron chi connectivity index (χ1n) is 8.09. The highest BCUT2D eigenvalue weighted by Gasteiger charge is 2.26. The standard InChI is InChI=1S/C18H30N2O/c1-5-16(6-2)20(13-14(3)4)18(21)17(19)12-15-10-8-7-9-11-15/h7-11,14,16-17H,5-6,12-13,19H2,1-4H3/t17-/m0/s1. The van der Waals surface area contributed by atoms with Crippen LogP contribution in [0.5, 0.6) is 0 Å². The lowest BCUT2D eigenvalue weighted by molar-refractivity contribution is -0.135. The molecule has 21 heavy (non-hydrogen) atoms. The Morgan fingerprint density at radius 2 is 1.71 bits per heavy atom. The average molecular weight is 290 g/mol. The lowest BCUT2D eigenvalue weighted by Gasteiger charge is -2.34. The van der Waals surface area contributed by atoms with Gasteiger partial charge in [0, 0.05) is 12.6 Å². The van der Waals surface area contributed by atoms with E-state index in [4.69, 9.17) is 5.73 Å². The number of hydrogen-bond acceptors (Lipinski definition) is 2. The van der Waals surface area contributed by atoms with Gasteiger partial charge in [-0.05, 0) is 30.7 Å². The van der Waals surface area contributed by atoms with Gasteiger partial charge in [0.2, 0.25) is 5.91 Å². The monoisotopic (exact) mass is 290 g/mol. The van der Waals surface area contributed by atoms with Crippen molar-refractivity contribution in [3.8, 4) is 0 Å². The Bertz CT molecular complexity index is 412. The van der Waals surface area contributed by atoms with Crippen LogP contribution in [0.2, 0.25) is 0 Å². The first-order valence-corrected chi connectivity index (χ1v) is 8.09. The molecule has 1 amide bonds. The van der Waals surface area contributed by atoms with Gasteiger partial charge in [-0.3, -0.25) is 4.79 Å². The third kappa shape index (κ3) is 5.50. The van der Waals surface area contributed by atoms with E-state index in [1.807, 2.05) is 35.2 Å². The van der Waals surface area contributed by atoms with E-state index < -0.39 is 6.04 Å². The Morgan fingerprint density at radius 1 is 1.14 bits per heavy atom. The Kier molecular flexibility index (Phi) is 7.44. The molecule has 0 unspecified atom stereocenters. The second-order valence-corrected chi connectivity index (χ2v) is 6.15. The molecule has 1 atom stereocenters. The van der Waals surface area contributed by atoms with Crippen molar-refractivity contribution in [2.45, 2.75) is 59.0 Å². The molecule has 0 fully saturated rings. The van der Waals surface area contributed by atoms with Crippen LogP contribution in [0.1, 0.15) is 46.1 Å². The summed E-state index contributed by atoms with van der Waals surface area (Å²) in [4.78, 5) is 14.7. The molecule has 0 aromatic heterocycles. The third-order valence-electron chi connectivity index (χ3n) is 3.84. The van der Waals surface area contributed by atoms with Gasteiger partial charge in [0.05, 0.1) is 6.04 Å². The van der Waals surface area contributed by atoms with E-state index >= 15 is 0 Å². The molecule has 0 saturated carbocycles. The van der Waals surface area contributed by atoms with Gasteiger partial charge < -0.3 is 10.6 Å². The van der Waals surface area contributed by atoms with Crippen LogP contribution >= 0.6 is 0 Å². The molecule has 0 bridgehead atoms. The van der Waals surface area contributed by atoms with E-state index in [1.54, 1.807) is 0 Å². The second-order valence-electron chi connectivity index (χ2n) is 6.15. The van der Waals surface area contributed by atoms with Crippen molar-refractivity contribution in [2.24, 2.45) is 11.7 Å². The molecule has 1 aromatic carbocycles. The SMILES string of the molecule is CCC(CC)N(CC(C)C)C(=O)[C@@H](N)Cc1ccccc1. The number of nitrogens with zero attached hydrogens (tertiary/aromatic N) is 1. The maximum absolute atomic E-state index is 12.7. The molecule has 118 valence electrons. The Hall–Kier alpha value is -1.35. The number of carbonyl (C=O) groups is 1. The lowest BCUT2D eigenvalue weighted by atomic mass is 10.0. The molecule has 3 nitrogen and oxygen atoms in total. The van der Waals surface area contributed by atoms with Crippen molar-refractivity contribution in [3.05, 3.63) is 35.9 Å². The summed E-state index contributed by atoms with van der Waals surface area (Å²) in [5, 5.41) is 0. The topological polar surface area (TPSA) is 46.3 Å². The van der Waals surface area contributed by atoms with Gasteiger partial charge in [-0.25, -0.2) is 0 Å². The lowest BCUT2D eigenvalue weighted by Crippen LogP contribution is -2.50. The smallest absolute Gasteiger partial charge is 0.240 e. The van der Waals surface area contributed by atoms with Crippen LogP contribution in [-0.2, 0) is 11.2 Å².